The van der Waals surface area contributed by atoms with Crippen molar-refractivity contribution in [2.45, 2.75) is 0 Å². The number of aromatic amines is 1. The van der Waals surface area contributed by atoms with Crippen molar-refractivity contribution in [1.29, 1.82) is 0 Å². The molecule has 25 heavy (non-hydrogen) atoms. The van der Waals surface area contributed by atoms with Crippen LogP contribution in [0.3, 0.4) is 0 Å². The largest absolute Gasteiger partial charge is 0.507 e. The van der Waals surface area contributed by atoms with Crippen LogP contribution in [0.25, 0.3) is 43.5 Å². The maximum atomic E-state index is 11.7. The first-order valence-corrected chi connectivity index (χ1v) is 9.03. The van der Waals surface area contributed by atoms with E-state index in [1.807, 2.05) is 25.4 Å². The van der Waals surface area contributed by atoms with Crippen LogP contribution in [0.4, 0.5) is 0 Å². The van der Waals surface area contributed by atoms with Gasteiger partial charge in [0, 0.05) is 41.2 Å². The summed E-state index contributed by atoms with van der Waals surface area (Å²) in [6.45, 7) is 0. The molecule has 0 aliphatic heterocycles. The lowest BCUT2D eigenvalue weighted by Gasteiger charge is -2.02. The first kappa shape index (κ1) is 14.7. The molecule has 5 rings (SSSR count). The summed E-state index contributed by atoms with van der Waals surface area (Å²) in [5.41, 5.74) is 2.74. The van der Waals surface area contributed by atoms with Crippen molar-refractivity contribution >= 4 is 60.4 Å². The molecule has 0 aliphatic carbocycles. The Balaban J connectivity index is 2.07. The number of halogens is 1. The second-order valence-electron chi connectivity index (χ2n) is 5.76. The highest BCUT2D eigenvalue weighted by molar-refractivity contribution is 9.11. The minimum Gasteiger partial charge on any atom is -0.507 e. The molecule has 0 aliphatic rings. The lowest BCUT2D eigenvalue weighted by atomic mass is 10.1. The average Bonchev–Trinajstić information content (AvgIpc) is 3.23. The fraction of sp³-hybridized carbons (Fsp3) is 0.0588. The van der Waals surface area contributed by atoms with Crippen molar-refractivity contribution in [3.05, 3.63) is 44.5 Å². The third kappa shape index (κ3) is 2.01. The minimum atomic E-state index is -0.303. The van der Waals surface area contributed by atoms with E-state index in [0.29, 0.717) is 22.1 Å². The van der Waals surface area contributed by atoms with E-state index in [2.05, 4.69) is 26.0 Å². The van der Waals surface area contributed by atoms with Gasteiger partial charge in [0.05, 0.1) is 9.17 Å². The van der Waals surface area contributed by atoms with E-state index in [9.17, 15) is 9.90 Å². The molecule has 0 bridgehead atoms. The van der Waals surface area contributed by atoms with E-state index in [1.165, 1.54) is 12.1 Å². The summed E-state index contributed by atoms with van der Waals surface area (Å²) in [5.74, 6) is -0.121. The number of fused-ring (bicyclic) bond motifs is 4. The van der Waals surface area contributed by atoms with Gasteiger partial charge in [-0.25, -0.2) is 4.98 Å². The molecule has 124 valence electrons. The number of aromatic nitrogens is 3. The molecule has 0 fully saturated rings. The van der Waals surface area contributed by atoms with Crippen LogP contribution in [0.1, 0.15) is 0 Å². The Morgan fingerprint density at radius 3 is 2.96 bits per heavy atom. The quantitative estimate of drug-likeness (QED) is 0.426. The van der Waals surface area contributed by atoms with Gasteiger partial charge in [-0.15, -0.1) is 11.3 Å². The van der Waals surface area contributed by atoms with Crippen LogP contribution in [-0.4, -0.2) is 19.9 Å². The Morgan fingerprint density at radius 1 is 1.36 bits per heavy atom. The predicted octanol–water partition coefficient (Wildman–Crippen LogP) is 4.36. The molecular formula is C17H10BrN3O3S. The van der Waals surface area contributed by atoms with Gasteiger partial charge in [-0.1, -0.05) is 0 Å². The Labute approximate surface area is 152 Å². The van der Waals surface area contributed by atoms with E-state index in [-0.39, 0.29) is 11.2 Å². The van der Waals surface area contributed by atoms with Crippen LogP contribution in [0.2, 0.25) is 0 Å². The van der Waals surface area contributed by atoms with Crippen LogP contribution in [-0.2, 0) is 7.05 Å². The highest BCUT2D eigenvalue weighted by Crippen LogP contribution is 2.43. The molecule has 0 saturated heterocycles. The topological polar surface area (TPSA) is 84.0 Å². The Kier molecular flexibility index (Phi) is 2.93. The third-order valence-corrected chi connectivity index (χ3v) is 5.85. The summed E-state index contributed by atoms with van der Waals surface area (Å²) < 4.78 is 8.78. The van der Waals surface area contributed by atoms with E-state index < -0.39 is 0 Å². The molecular weight excluding hydrogens is 406 g/mol. The summed E-state index contributed by atoms with van der Waals surface area (Å²) in [5, 5.41) is 14.8. The van der Waals surface area contributed by atoms with Gasteiger partial charge < -0.3 is 14.6 Å². The maximum Gasteiger partial charge on any atom is 0.186 e. The van der Waals surface area contributed by atoms with Crippen molar-refractivity contribution in [2.24, 2.45) is 7.05 Å². The zero-order valence-corrected chi connectivity index (χ0v) is 15.2. The smallest absolute Gasteiger partial charge is 0.186 e. The van der Waals surface area contributed by atoms with Gasteiger partial charge in [0.15, 0.2) is 16.7 Å². The molecule has 0 amide bonds. The molecule has 0 saturated carbocycles. The van der Waals surface area contributed by atoms with Crippen molar-refractivity contribution in [3.8, 4) is 16.2 Å². The number of rotatable bonds is 1. The molecule has 0 atom stereocenters. The van der Waals surface area contributed by atoms with Crippen LogP contribution < -0.4 is 5.43 Å². The number of aromatic hydroxyl groups is 1. The zero-order valence-electron chi connectivity index (χ0n) is 12.8. The first-order valence-electron chi connectivity index (χ1n) is 7.42. The van der Waals surface area contributed by atoms with Gasteiger partial charge in [0.2, 0.25) is 0 Å². The lowest BCUT2D eigenvalue weighted by molar-refractivity contribution is 0.481. The van der Waals surface area contributed by atoms with Gasteiger partial charge >= 0.3 is 0 Å². The van der Waals surface area contributed by atoms with Gasteiger partial charge in [0.1, 0.15) is 16.8 Å². The number of H-pyrrole nitrogens is 1. The van der Waals surface area contributed by atoms with Crippen LogP contribution >= 0.6 is 27.3 Å². The van der Waals surface area contributed by atoms with Crippen molar-refractivity contribution < 1.29 is 9.52 Å². The predicted molar refractivity (Wildman–Crippen MR) is 101 cm³/mol. The second-order valence-corrected chi connectivity index (χ2v) is 8.22. The lowest BCUT2D eigenvalue weighted by Crippen LogP contribution is -1.94. The Bertz CT molecular complexity index is 1360. The minimum absolute atomic E-state index is 0.121. The highest BCUT2D eigenvalue weighted by Gasteiger charge is 2.22. The van der Waals surface area contributed by atoms with Crippen molar-refractivity contribution in [1.82, 2.24) is 14.8 Å². The number of hydrogen-bond acceptors (Lipinski definition) is 5. The van der Waals surface area contributed by atoms with Gasteiger partial charge in [-0.3, -0.25) is 9.48 Å². The zero-order chi connectivity index (χ0) is 17.3. The molecule has 6 nitrogen and oxygen atoms in total. The van der Waals surface area contributed by atoms with Crippen LogP contribution in [0, 0.1) is 0 Å². The number of nitrogens with zero attached hydrogens (tertiary/aromatic N) is 2. The number of aryl methyl sites for hydroxylation is 1. The Hall–Kier alpha value is -2.58. The molecule has 1 aromatic carbocycles. The SMILES string of the molecule is Cn1[nH]cc2c(-c3ccc(Br)s3)c3oc4cc(=O)cc(O)c4c3nc21. The monoisotopic (exact) mass is 415 g/mol. The molecule has 4 aromatic heterocycles. The fourth-order valence-corrected chi connectivity index (χ4v) is 4.59. The van der Waals surface area contributed by atoms with Crippen molar-refractivity contribution in [2.75, 3.05) is 0 Å². The van der Waals surface area contributed by atoms with Crippen molar-refractivity contribution in [3.63, 3.8) is 0 Å². The summed E-state index contributed by atoms with van der Waals surface area (Å²) in [4.78, 5) is 17.4. The molecule has 0 spiro atoms. The van der Waals surface area contributed by atoms with Gasteiger partial charge in [-0.2, -0.15) is 0 Å². The Morgan fingerprint density at radius 2 is 2.20 bits per heavy atom. The number of pyridine rings is 1. The van der Waals surface area contributed by atoms with Gasteiger partial charge in [-0.05, 0) is 28.1 Å². The summed E-state index contributed by atoms with van der Waals surface area (Å²) >= 11 is 5.08. The number of benzene rings is 1. The highest BCUT2D eigenvalue weighted by atomic mass is 79.9. The first-order chi connectivity index (χ1) is 12.0. The number of nitrogens with one attached hydrogen (secondary N) is 1. The maximum absolute atomic E-state index is 11.7. The van der Waals surface area contributed by atoms with E-state index >= 15 is 0 Å². The average molecular weight is 416 g/mol. The number of furan rings is 1. The molecule has 0 radical (unpaired) electrons. The van der Waals surface area contributed by atoms with E-state index in [0.717, 1.165) is 25.3 Å². The number of thiophene rings is 1. The molecule has 2 N–H and O–H groups in total. The van der Waals surface area contributed by atoms with E-state index in [1.54, 1.807) is 16.0 Å². The second kappa shape index (κ2) is 4.96. The third-order valence-electron chi connectivity index (χ3n) is 4.21. The van der Waals surface area contributed by atoms with Crippen LogP contribution in [0.15, 0.2) is 43.5 Å². The van der Waals surface area contributed by atoms with Gasteiger partial charge in [0.25, 0.3) is 0 Å². The summed E-state index contributed by atoms with van der Waals surface area (Å²) in [6, 6.07) is 6.53. The fourth-order valence-electron chi connectivity index (χ4n) is 3.15. The van der Waals surface area contributed by atoms with Crippen LogP contribution in [0.5, 0.6) is 5.75 Å². The molecule has 5 aromatic rings. The molecule has 4 heterocycles. The number of phenolic OH excluding ortho intramolecular Hbond substituents is 1. The normalized spacial score (nSPS) is 11.9. The standard InChI is InChI=1S/C17H10BrN3O3S/c1-21-17-8(6-19-21)13(11-2-3-12(18)25-11)16-15(20-17)14-9(23)4-7(22)5-10(14)24-16/h2-6,19,23H,1H3. The summed E-state index contributed by atoms with van der Waals surface area (Å²) in [7, 11) is 1.87. The molecule has 0 unspecified atom stereocenters. The number of phenols is 1. The number of hydrogen-bond donors (Lipinski definition) is 2. The van der Waals surface area contributed by atoms with E-state index in [4.69, 9.17) is 4.42 Å². The summed E-state index contributed by atoms with van der Waals surface area (Å²) in [6.07, 6.45) is 1.87. The molecule has 8 heteroatoms.